The van der Waals surface area contributed by atoms with E-state index in [1.165, 1.54) is 24.3 Å². The molecular weight excluding hydrogens is 277 g/mol. The van der Waals surface area contributed by atoms with Gasteiger partial charge in [0.25, 0.3) is 5.91 Å². The van der Waals surface area contributed by atoms with E-state index in [1.807, 2.05) is 0 Å². The number of hydrogen-bond acceptors (Lipinski definition) is 3. The predicted molar refractivity (Wildman–Crippen MR) is 69.0 cm³/mol. The molecule has 106 valence electrons. The van der Waals surface area contributed by atoms with Gasteiger partial charge in [-0.3, -0.25) is 4.79 Å². The summed E-state index contributed by atoms with van der Waals surface area (Å²) >= 11 is -0.200. The maximum atomic E-state index is 12.1. The molecule has 19 heavy (non-hydrogen) atoms. The summed E-state index contributed by atoms with van der Waals surface area (Å²) in [5.74, 6) is -0.291. The molecule has 3 N–H and O–H groups in total. The van der Waals surface area contributed by atoms with Gasteiger partial charge in [-0.25, -0.2) is 0 Å². The van der Waals surface area contributed by atoms with E-state index in [4.69, 9.17) is 5.73 Å². The number of rotatable bonds is 6. The fraction of sp³-hybridized carbons (Fsp3) is 0.417. The van der Waals surface area contributed by atoms with E-state index < -0.39 is 5.51 Å². The minimum absolute atomic E-state index is 0.0622. The molecule has 0 aromatic heterocycles. The van der Waals surface area contributed by atoms with E-state index >= 15 is 0 Å². The second kappa shape index (κ2) is 7.40. The molecule has 0 aliphatic rings. The van der Waals surface area contributed by atoms with Gasteiger partial charge in [-0.05, 0) is 55.4 Å². The highest BCUT2D eigenvalue weighted by Crippen LogP contribution is 2.36. The smallest absolute Gasteiger partial charge is 0.352 e. The average Bonchev–Trinajstić information content (AvgIpc) is 2.33. The van der Waals surface area contributed by atoms with Crippen LogP contribution in [0.25, 0.3) is 0 Å². The van der Waals surface area contributed by atoms with Crippen molar-refractivity contribution in [1.82, 2.24) is 5.32 Å². The lowest BCUT2D eigenvalue weighted by atomic mass is 10.2. The number of thioether (sulfide) groups is 1. The molecule has 1 aromatic rings. The monoisotopic (exact) mass is 292 g/mol. The number of nitrogens with two attached hydrogens (primary N) is 1. The molecular formula is C12H15F3N2OS. The maximum absolute atomic E-state index is 12.1. The van der Waals surface area contributed by atoms with Crippen molar-refractivity contribution in [3.05, 3.63) is 29.8 Å². The summed E-state index contributed by atoms with van der Waals surface area (Å²) in [7, 11) is 0. The van der Waals surface area contributed by atoms with Gasteiger partial charge in [-0.1, -0.05) is 0 Å². The van der Waals surface area contributed by atoms with Crippen LogP contribution in [-0.4, -0.2) is 24.5 Å². The van der Waals surface area contributed by atoms with Crippen LogP contribution in [-0.2, 0) is 0 Å². The Bertz CT molecular complexity index is 406. The highest BCUT2D eigenvalue weighted by atomic mass is 32.2. The summed E-state index contributed by atoms with van der Waals surface area (Å²) in [5.41, 5.74) is 1.35. The van der Waals surface area contributed by atoms with Gasteiger partial charge in [0.2, 0.25) is 0 Å². The predicted octanol–water partition coefficient (Wildman–Crippen LogP) is 2.77. The Morgan fingerprint density at radius 2 is 1.84 bits per heavy atom. The zero-order valence-electron chi connectivity index (χ0n) is 10.2. The molecule has 0 aliphatic carbocycles. The van der Waals surface area contributed by atoms with Crippen molar-refractivity contribution in [2.75, 3.05) is 13.1 Å². The molecule has 0 saturated carbocycles. The molecule has 0 fully saturated rings. The third-order valence-electron chi connectivity index (χ3n) is 2.27. The first-order valence-electron chi connectivity index (χ1n) is 5.76. The second-order valence-electron chi connectivity index (χ2n) is 3.82. The highest BCUT2D eigenvalue weighted by molar-refractivity contribution is 8.00. The van der Waals surface area contributed by atoms with Crippen LogP contribution in [0.3, 0.4) is 0 Å². The largest absolute Gasteiger partial charge is 0.446 e. The third-order valence-corrected chi connectivity index (χ3v) is 3.01. The fourth-order valence-electron chi connectivity index (χ4n) is 1.38. The molecule has 0 unspecified atom stereocenters. The standard InChI is InChI=1S/C12H15F3N2OS/c13-12(14,15)19-10-5-3-9(4-6-10)11(18)17-8-2-1-7-16/h3-6H,1-2,7-8,16H2,(H,17,18). The molecule has 1 amide bonds. The Morgan fingerprint density at radius 3 is 2.37 bits per heavy atom. The number of benzene rings is 1. The van der Waals surface area contributed by atoms with E-state index in [0.29, 0.717) is 18.7 Å². The SMILES string of the molecule is NCCCCNC(=O)c1ccc(SC(F)(F)F)cc1. The molecule has 0 spiro atoms. The van der Waals surface area contributed by atoms with Crippen molar-refractivity contribution in [1.29, 1.82) is 0 Å². The number of halogens is 3. The first-order valence-corrected chi connectivity index (χ1v) is 6.58. The van der Waals surface area contributed by atoms with Crippen molar-refractivity contribution in [2.24, 2.45) is 5.73 Å². The lowest BCUT2D eigenvalue weighted by Crippen LogP contribution is -2.24. The number of amides is 1. The van der Waals surface area contributed by atoms with Crippen LogP contribution < -0.4 is 11.1 Å². The molecule has 0 heterocycles. The van der Waals surface area contributed by atoms with Gasteiger partial charge in [0.1, 0.15) is 0 Å². The molecule has 1 rings (SSSR count). The third kappa shape index (κ3) is 6.49. The summed E-state index contributed by atoms with van der Waals surface area (Å²) in [4.78, 5) is 11.7. The van der Waals surface area contributed by atoms with Crippen LogP contribution >= 0.6 is 11.8 Å². The van der Waals surface area contributed by atoms with Crippen molar-refractivity contribution in [3.63, 3.8) is 0 Å². The van der Waals surface area contributed by atoms with Gasteiger partial charge >= 0.3 is 5.51 Å². The lowest BCUT2D eigenvalue weighted by Gasteiger charge is -2.07. The van der Waals surface area contributed by atoms with Gasteiger partial charge in [0.05, 0.1) is 0 Å². The Labute approximate surface area is 113 Å². The molecule has 0 atom stereocenters. The van der Waals surface area contributed by atoms with Crippen LogP contribution in [0, 0.1) is 0 Å². The minimum atomic E-state index is -4.31. The number of alkyl halides is 3. The van der Waals surface area contributed by atoms with E-state index in [2.05, 4.69) is 5.32 Å². The van der Waals surface area contributed by atoms with Gasteiger partial charge in [0, 0.05) is 17.0 Å². The molecule has 0 aliphatic heterocycles. The van der Waals surface area contributed by atoms with Gasteiger partial charge in [-0.15, -0.1) is 0 Å². The summed E-state index contributed by atoms with van der Waals surface area (Å²) in [6.07, 6.45) is 1.60. The summed E-state index contributed by atoms with van der Waals surface area (Å²) in [6, 6.07) is 5.33. The van der Waals surface area contributed by atoms with E-state index in [-0.39, 0.29) is 22.6 Å². The number of carbonyl (C=O) groups is 1. The zero-order chi connectivity index (χ0) is 14.3. The van der Waals surface area contributed by atoms with Crippen LogP contribution in [0.4, 0.5) is 13.2 Å². The molecule has 0 radical (unpaired) electrons. The topological polar surface area (TPSA) is 55.1 Å². The van der Waals surface area contributed by atoms with Crippen molar-refractivity contribution < 1.29 is 18.0 Å². The van der Waals surface area contributed by atoms with Crippen LogP contribution in [0.5, 0.6) is 0 Å². The molecule has 0 saturated heterocycles. The Kier molecular flexibility index (Phi) is 6.17. The zero-order valence-corrected chi connectivity index (χ0v) is 11.0. The lowest BCUT2D eigenvalue weighted by molar-refractivity contribution is -0.0328. The highest BCUT2D eigenvalue weighted by Gasteiger charge is 2.29. The number of nitrogens with one attached hydrogen (secondary N) is 1. The summed E-state index contributed by atoms with van der Waals surface area (Å²) in [6.45, 7) is 1.08. The number of unbranched alkanes of at least 4 members (excludes halogenated alkanes) is 1. The second-order valence-corrected chi connectivity index (χ2v) is 4.96. The van der Waals surface area contributed by atoms with E-state index in [9.17, 15) is 18.0 Å². The Morgan fingerprint density at radius 1 is 1.21 bits per heavy atom. The van der Waals surface area contributed by atoms with E-state index in [0.717, 1.165) is 12.8 Å². The number of hydrogen-bond donors (Lipinski definition) is 2. The van der Waals surface area contributed by atoms with Crippen LogP contribution in [0.2, 0.25) is 0 Å². The maximum Gasteiger partial charge on any atom is 0.446 e. The molecule has 3 nitrogen and oxygen atoms in total. The summed E-state index contributed by atoms with van der Waals surface area (Å²) < 4.78 is 36.3. The first kappa shape index (κ1) is 15.8. The van der Waals surface area contributed by atoms with E-state index in [1.54, 1.807) is 0 Å². The fourth-order valence-corrected chi connectivity index (χ4v) is 1.92. The van der Waals surface area contributed by atoms with Crippen molar-refractivity contribution in [2.45, 2.75) is 23.2 Å². The van der Waals surface area contributed by atoms with Crippen molar-refractivity contribution >= 4 is 17.7 Å². The molecule has 7 heteroatoms. The van der Waals surface area contributed by atoms with Gasteiger partial charge in [0.15, 0.2) is 0 Å². The van der Waals surface area contributed by atoms with Crippen LogP contribution in [0.15, 0.2) is 29.2 Å². The Hall–Kier alpha value is -1.21. The first-order chi connectivity index (χ1) is 8.92. The van der Waals surface area contributed by atoms with Gasteiger partial charge in [-0.2, -0.15) is 13.2 Å². The van der Waals surface area contributed by atoms with Gasteiger partial charge < -0.3 is 11.1 Å². The number of carbonyl (C=O) groups excluding carboxylic acids is 1. The minimum Gasteiger partial charge on any atom is -0.352 e. The molecule has 0 bridgehead atoms. The van der Waals surface area contributed by atoms with Crippen molar-refractivity contribution in [3.8, 4) is 0 Å². The summed E-state index contributed by atoms with van der Waals surface area (Å²) in [5, 5.41) is 2.68. The Balaban J connectivity index is 2.49. The van der Waals surface area contributed by atoms with Crippen LogP contribution in [0.1, 0.15) is 23.2 Å². The molecule has 1 aromatic carbocycles. The average molecular weight is 292 g/mol. The quantitative estimate of drug-likeness (QED) is 0.626. The normalized spacial score (nSPS) is 11.4.